The number of fused-ring (bicyclic) bond motifs is 1. The smallest absolute Gasteiger partial charge is 0.314 e. The molecule has 1 atom stereocenters. The first-order valence-electron chi connectivity index (χ1n) is 4.99. The normalized spacial score (nSPS) is 12.9. The Balaban J connectivity index is 2.67. The monoisotopic (exact) mass is 220 g/mol. The summed E-state index contributed by atoms with van der Waals surface area (Å²) in [7, 11) is 0. The minimum atomic E-state index is -0.665. The molecule has 3 N–H and O–H groups in total. The highest BCUT2D eigenvalue weighted by atomic mass is 16.3. The van der Waals surface area contributed by atoms with Crippen molar-refractivity contribution in [1.82, 2.24) is 9.97 Å². The number of nitrogens with one attached hydrogen (secondary N) is 2. The maximum absolute atomic E-state index is 11.1. The topological polar surface area (TPSA) is 85.9 Å². The van der Waals surface area contributed by atoms with Crippen LogP contribution in [-0.2, 0) is 0 Å². The van der Waals surface area contributed by atoms with E-state index < -0.39 is 11.1 Å². The van der Waals surface area contributed by atoms with Gasteiger partial charge in [-0.2, -0.15) is 0 Å². The highest BCUT2D eigenvalue weighted by molar-refractivity contribution is 5.74. The molecule has 0 fully saturated rings. The lowest BCUT2D eigenvalue weighted by Gasteiger charge is -2.08. The molecule has 1 unspecified atom stereocenters. The summed E-state index contributed by atoms with van der Waals surface area (Å²) >= 11 is 0. The van der Waals surface area contributed by atoms with Gasteiger partial charge in [-0.15, -0.1) is 0 Å². The summed E-state index contributed by atoms with van der Waals surface area (Å²) in [5.74, 6) is -0.000157. The van der Waals surface area contributed by atoms with Crippen molar-refractivity contribution in [2.45, 2.75) is 12.8 Å². The molecule has 0 amide bonds. The molecule has 0 saturated heterocycles. The fraction of sp³-hybridized carbons (Fsp3) is 0.273. The predicted octanol–water partition coefficient (Wildman–Crippen LogP) is 0.312. The Morgan fingerprint density at radius 2 is 1.81 bits per heavy atom. The number of aliphatic hydroxyl groups excluding tert-OH is 1. The van der Waals surface area contributed by atoms with Crippen molar-refractivity contribution in [3.63, 3.8) is 0 Å². The minimum absolute atomic E-state index is 0.000157. The summed E-state index contributed by atoms with van der Waals surface area (Å²) in [4.78, 5) is 27.2. The van der Waals surface area contributed by atoms with Crippen LogP contribution in [0.25, 0.3) is 11.0 Å². The number of hydrogen-bond donors (Lipinski definition) is 3. The van der Waals surface area contributed by atoms with Crippen molar-refractivity contribution in [1.29, 1.82) is 0 Å². The van der Waals surface area contributed by atoms with E-state index in [0.717, 1.165) is 5.56 Å². The second-order valence-corrected chi connectivity index (χ2v) is 3.80. The van der Waals surface area contributed by atoms with Gasteiger partial charge in [-0.05, 0) is 17.7 Å². The van der Waals surface area contributed by atoms with Gasteiger partial charge in [0.15, 0.2) is 0 Å². The highest BCUT2D eigenvalue weighted by Gasteiger charge is 2.06. The maximum atomic E-state index is 11.1. The van der Waals surface area contributed by atoms with E-state index in [1.807, 2.05) is 13.0 Å². The Kier molecular flexibility index (Phi) is 2.62. The van der Waals surface area contributed by atoms with Gasteiger partial charge in [0.2, 0.25) is 0 Å². The number of benzene rings is 1. The largest absolute Gasteiger partial charge is 0.396 e. The van der Waals surface area contributed by atoms with Crippen molar-refractivity contribution in [2.75, 3.05) is 6.61 Å². The first-order valence-corrected chi connectivity index (χ1v) is 4.99. The third-order valence-electron chi connectivity index (χ3n) is 2.59. The lowest BCUT2D eigenvalue weighted by atomic mass is 10.0. The van der Waals surface area contributed by atoms with Crippen LogP contribution in [0.2, 0.25) is 0 Å². The molecule has 0 saturated carbocycles. The van der Waals surface area contributed by atoms with Crippen molar-refractivity contribution in [3.05, 3.63) is 44.5 Å². The molecule has 0 radical (unpaired) electrons. The Labute approximate surface area is 90.8 Å². The Morgan fingerprint density at radius 1 is 1.19 bits per heavy atom. The molecule has 5 heteroatoms. The standard InChI is InChI=1S/C11H12N2O3/c1-6(5-14)7-2-3-8-9(4-7)13-11(16)10(15)12-8/h2-4,6,14H,5H2,1H3,(H,12,15)(H,13,16). The fourth-order valence-electron chi connectivity index (χ4n) is 1.54. The first kappa shape index (κ1) is 10.6. The lowest BCUT2D eigenvalue weighted by Crippen LogP contribution is -2.28. The van der Waals surface area contributed by atoms with Crippen molar-refractivity contribution in [2.24, 2.45) is 0 Å². The second-order valence-electron chi connectivity index (χ2n) is 3.80. The van der Waals surface area contributed by atoms with Gasteiger partial charge in [0.25, 0.3) is 0 Å². The zero-order valence-corrected chi connectivity index (χ0v) is 8.78. The van der Waals surface area contributed by atoms with E-state index in [1.165, 1.54) is 0 Å². The van der Waals surface area contributed by atoms with Crippen molar-refractivity contribution >= 4 is 11.0 Å². The molecular weight excluding hydrogens is 208 g/mol. The number of aromatic nitrogens is 2. The molecule has 0 bridgehead atoms. The molecule has 2 aromatic rings. The summed E-state index contributed by atoms with van der Waals surface area (Å²) in [6, 6.07) is 5.29. The third kappa shape index (κ3) is 1.77. The fourth-order valence-corrected chi connectivity index (χ4v) is 1.54. The van der Waals surface area contributed by atoms with Gasteiger partial charge in [0.05, 0.1) is 11.0 Å². The van der Waals surface area contributed by atoms with Gasteiger partial charge in [-0.25, -0.2) is 0 Å². The summed E-state index contributed by atoms with van der Waals surface area (Å²) < 4.78 is 0. The maximum Gasteiger partial charge on any atom is 0.314 e. The van der Waals surface area contributed by atoms with Crippen LogP contribution in [0.5, 0.6) is 0 Å². The molecule has 1 aromatic heterocycles. The van der Waals surface area contributed by atoms with Gasteiger partial charge in [-0.1, -0.05) is 13.0 Å². The Bertz CT molecular complexity index is 627. The second kappa shape index (κ2) is 3.94. The zero-order chi connectivity index (χ0) is 11.7. The Morgan fingerprint density at radius 3 is 2.44 bits per heavy atom. The highest BCUT2D eigenvalue weighted by Crippen LogP contribution is 2.17. The molecular formula is C11H12N2O3. The van der Waals surface area contributed by atoms with E-state index in [1.54, 1.807) is 12.1 Å². The summed E-state index contributed by atoms with van der Waals surface area (Å²) in [5.41, 5.74) is 0.746. The summed E-state index contributed by atoms with van der Waals surface area (Å²) in [6.45, 7) is 1.92. The average molecular weight is 220 g/mol. The summed E-state index contributed by atoms with van der Waals surface area (Å²) in [6.07, 6.45) is 0. The Hall–Kier alpha value is -1.88. The number of aromatic amines is 2. The SMILES string of the molecule is CC(CO)c1ccc2[nH]c(=O)c(=O)[nH]c2c1. The van der Waals surface area contributed by atoms with Crippen molar-refractivity contribution in [3.8, 4) is 0 Å². The van der Waals surface area contributed by atoms with E-state index in [0.29, 0.717) is 11.0 Å². The molecule has 5 nitrogen and oxygen atoms in total. The number of H-pyrrole nitrogens is 2. The van der Waals surface area contributed by atoms with Crippen LogP contribution in [-0.4, -0.2) is 21.7 Å². The van der Waals surface area contributed by atoms with Crippen LogP contribution in [0, 0.1) is 0 Å². The molecule has 0 spiro atoms. The molecule has 16 heavy (non-hydrogen) atoms. The molecule has 1 aromatic carbocycles. The van der Waals surface area contributed by atoms with E-state index >= 15 is 0 Å². The number of hydrogen-bond acceptors (Lipinski definition) is 3. The van der Waals surface area contributed by atoms with E-state index in [9.17, 15) is 9.59 Å². The van der Waals surface area contributed by atoms with Gasteiger partial charge in [0.1, 0.15) is 0 Å². The third-order valence-corrected chi connectivity index (χ3v) is 2.59. The van der Waals surface area contributed by atoms with E-state index in [4.69, 9.17) is 5.11 Å². The zero-order valence-electron chi connectivity index (χ0n) is 8.78. The molecule has 2 rings (SSSR count). The van der Waals surface area contributed by atoms with Crippen LogP contribution in [0.1, 0.15) is 18.4 Å². The van der Waals surface area contributed by atoms with Crippen LogP contribution >= 0.6 is 0 Å². The van der Waals surface area contributed by atoms with Crippen LogP contribution < -0.4 is 11.1 Å². The molecule has 0 aliphatic heterocycles. The van der Waals surface area contributed by atoms with Crippen LogP contribution in [0.4, 0.5) is 0 Å². The lowest BCUT2D eigenvalue weighted by molar-refractivity contribution is 0.273. The number of aliphatic hydroxyl groups is 1. The summed E-state index contributed by atoms with van der Waals surface area (Å²) in [5, 5.41) is 9.03. The van der Waals surface area contributed by atoms with E-state index in [-0.39, 0.29) is 12.5 Å². The quantitative estimate of drug-likeness (QED) is 0.637. The van der Waals surface area contributed by atoms with Gasteiger partial charge in [-0.3, -0.25) is 9.59 Å². The van der Waals surface area contributed by atoms with Crippen molar-refractivity contribution < 1.29 is 5.11 Å². The van der Waals surface area contributed by atoms with Gasteiger partial charge in [0, 0.05) is 12.5 Å². The van der Waals surface area contributed by atoms with Gasteiger partial charge < -0.3 is 15.1 Å². The van der Waals surface area contributed by atoms with E-state index in [2.05, 4.69) is 9.97 Å². The molecule has 0 aliphatic carbocycles. The van der Waals surface area contributed by atoms with Gasteiger partial charge >= 0.3 is 11.1 Å². The minimum Gasteiger partial charge on any atom is -0.396 e. The van der Waals surface area contributed by atoms with Crippen LogP contribution in [0.15, 0.2) is 27.8 Å². The van der Waals surface area contributed by atoms with Crippen LogP contribution in [0.3, 0.4) is 0 Å². The molecule has 0 aliphatic rings. The predicted molar refractivity (Wildman–Crippen MR) is 60.7 cm³/mol. The average Bonchev–Trinajstić information content (AvgIpc) is 2.29. The first-order chi connectivity index (χ1) is 7.61. The molecule has 84 valence electrons. The number of rotatable bonds is 2. The molecule has 1 heterocycles.